The predicted molar refractivity (Wildman–Crippen MR) is 73.7 cm³/mol. The van der Waals surface area contributed by atoms with Gasteiger partial charge in [-0.2, -0.15) is 13.2 Å². The summed E-state index contributed by atoms with van der Waals surface area (Å²) in [5, 5.41) is 0. The maximum atomic E-state index is 12.5. The third kappa shape index (κ3) is 4.90. The van der Waals surface area contributed by atoms with Crippen molar-refractivity contribution in [3.8, 4) is 0 Å². The highest BCUT2D eigenvalue weighted by Crippen LogP contribution is 2.30. The lowest BCUT2D eigenvalue weighted by molar-refractivity contribution is -0.147. The molecule has 0 atom stereocenters. The van der Waals surface area contributed by atoms with E-state index in [0.29, 0.717) is 5.56 Å². The molecule has 1 aliphatic rings. The quantitative estimate of drug-likeness (QED) is 0.722. The highest BCUT2D eigenvalue weighted by atomic mass is 79.9. The second-order valence-electron chi connectivity index (χ2n) is 5.00. The summed E-state index contributed by atoms with van der Waals surface area (Å²) in [4.78, 5) is 13.4. The van der Waals surface area contributed by atoms with E-state index in [0.717, 1.165) is 17.3 Å². The molecule has 0 bridgehead atoms. The van der Waals surface area contributed by atoms with Crippen LogP contribution in [-0.2, 0) is 0 Å². The summed E-state index contributed by atoms with van der Waals surface area (Å²) >= 11 is 3.27. The van der Waals surface area contributed by atoms with Crippen molar-refractivity contribution in [2.45, 2.75) is 31.5 Å². The molecular formula is C14H15BrF3NO. The van der Waals surface area contributed by atoms with Crippen molar-refractivity contribution in [3.63, 3.8) is 0 Å². The summed E-state index contributed by atoms with van der Waals surface area (Å²) in [7, 11) is 0. The van der Waals surface area contributed by atoms with Crippen LogP contribution in [0, 0.1) is 0 Å². The molecule has 110 valence electrons. The van der Waals surface area contributed by atoms with E-state index in [9.17, 15) is 18.0 Å². The van der Waals surface area contributed by atoms with Gasteiger partial charge >= 0.3 is 6.18 Å². The zero-order chi connectivity index (χ0) is 14.8. The Bertz CT molecular complexity index is 486. The Morgan fingerprint density at radius 2 is 2.05 bits per heavy atom. The first-order valence-electron chi connectivity index (χ1n) is 6.45. The number of ketones is 1. The molecule has 20 heavy (non-hydrogen) atoms. The average Bonchev–Trinajstić information content (AvgIpc) is 3.17. The number of alkyl halides is 3. The number of rotatable bonds is 6. The van der Waals surface area contributed by atoms with Crippen molar-refractivity contribution in [1.29, 1.82) is 0 Å². The summed E-state index contributed by atoms with van der Waals surface area (Å²) in [6.45, 7) is -0.765. The van der Waals surface area contributed by atoms with Crippen LogP contribution in [0.5, 0.6) is 0 Å². The van der Waals surface area contributed by atoms with Gasteiger partial charge in [0.2, 0.25) is 0 Å². The molecule has 1 fully saturated rings. The lowest BCUT2D eigenvalue weighted by Gasteiger charge is -2.22. The summed E-state index contributed by atoms with van der Waals surface area (Å²) in [6.07, 6.45) is -2.51. The summed E-state index contributed by atoms with van der Waals surface area (Å²) in [5.41, 5.74) is 0.530. The molecule has 2 nitrogen and oxygen atoms in total. The van der Waals surface area contributed by atoms with Gasteiger partial charge in [-0.05, 0) is 25.0 Å². The Morgan fingerprint density at radius 1 is 1.35 bits per heavy atom. The fraction of sp³-hybridized carbons (Fsp3) is 0.500. The molecule has 0 N–H and O–H groups in total. The van der Waals surface area contributed by atoms with E-state index in [4.69, 9.17) is 0 Å². The molecule has 0 heterocycles. The minimum atomic E-state index is -4.21. The number of Topliss-reactive ketones (excluding diaryl/α,β-unsaturated/α-hetero) is 1. The molecule has 0 spiro atoms. The van der Waals surface area contributed by atoms with Gasteiger partial charge in [0.15, 0.2) is 5.78 Å². The maximum Gasteiger partial charge on any atom is 0.401 e. The summed E-state index contributed by atoms with van der Waals surface area (Å²) in [6, 6.07) is 6.90. The fourth-order valence-corrected chi connectivity index (χ4v) is 2.51. The van der Waals surface area contributed by atoms with Gasteiger partial charge in [-0.25, -0.2) is 0 Å². The topological polar surface area (TPSA) is 20.3 Å². The number of halogens is 4. The van der Waals surface area contributed by atoms with Crippen molar-refractivity contribution in [2.75, 3.05) is 13.1 Å². The molecule has 1 aromatic carbocycles. The fourth-order valence-electron chi connectivity index (χ4n) is 2.11. The number of hydrogen-bond acceptors (Lipinski definition) is 2. The first kappa shape index (κ1) is 15.5. The second kappa shape index (κ2) is 6.26. The van der Waals surface area contributed by atoms with Gasteiger partial charge in [0.1, 0.15) is 0 Å². The largest absolute Gasteiger partial charge is 0.401 e. The number of carbonyl (C=O) groups excluding carboxylic acids is 1. The zero-order valence-corrected chi connectivity index (χ0v) is 12.4. The SMILES string of the molecule is O=C(CCN(CC(F)(F)F)C1CC1)c1cccc(Br)c1. The standard InChI is InChI=1S/C14H15BrF3NO/c15-11-3-1-2-10(8-11)13(20)6-7-19(12-4-5-12)9-14(16,17)18/h1-3,8,12H,4-7,9H2. The van der Waals surface area contributed by atoms with Crippen molar-refractivity contribution in [2.24, 2.45) is 0 Å². The van der Waals surface area contributed by atoms with E-state index in [1.807, 2.05) is 0 Å². The highest BCUT2D eigenvalue weighted by Gasteiger charge is 2.37. The van der Waals surface area contributed by atoms with Gasteiger partial charge in [-0.1, -0.05) is 28.1 Å². The molecule has 0 unspecified atom stereocenters. The monoisotopic (exact) mass is 349 g/mol. The molecule has 1 aliphatic carbocycles. The Labute approximate surface area is 124 Å². The molecule has 1 aromatic rings. The summed E-state index contributed by atoms with van der Waals surface area (Å²) < 4.78 is 38.2. The van der Waals surface area contributed by atoms with Crippen molar-refractivity contribution >= 4 is 21.7 Å². The number of hydrogen-bond donors (Lipinski definition) is 0. The van der Waals surface area contributed by atoms with E-state index in [2.05, 4.69) is 15.9 Å². The number of carbonyl (C=O) groups is 1. The van der Waals surface area contributed by atoms with Crippen LogP contribution in [-0.4, -0.2) is 36.0 Å². The second-order valence-corrected chi connectivity index (χ2v) is 5.92. The molecule has 0 aliphatic heterocycles. The number of nitrogens with zero attached hydrogens (tertiary/aromatic N) is 1. The zero-order valence-electron chi connectivity index (χ0n) is 10.8. The van der Waals surface area contributed by atoms with Gasteiger partial charge in [-0.15, -0.1) is 0 Å². The first-order chi connectivity index (χ1) is 9.35. The van der Waals surface area contributed by atoms with Crippen molar-refractivity contribution < 1.29 is 18.0 Å². The van der Waals surface area contributed by atoms with Crippen LogP contribution in [0.25, 0.3) is 0 Å². The van der Waals surface area contributed by atoms with Crippen LogP contribution < -0.4 is 0 Å². The Kier molecular flexibility index (Phi) is 4.86. The van der Waals surface area contributed by atoms with Gasteiger partial charge < -0.3 is 0 Å². The van der Waals surface area contributed by atoms with Gasteiger partial charge in [0, 0.05) is 29.0 Å². The van der Waals surface area contributed by atoms with Crippen LogP contribution in [0.4, 0.5) is 13.2 Å². The Balaban J connectivity index is 1.90. The van der Waals surface area contributed by atoms with Gasteiger partial charge in [0.05, 0.1) is 6.54 Å². The lowest BCUT2D eigenvalue weighted by Crippen LogP contribution is -2.37. The average molecular weight is 350 g/mol. The first-order valence-corrected chi connectivity index (χ1v) is 7.24. The van der Waals surface area contributed by atoms with Crippen molar-refractivity contribution in [3.05, 3.63) is 34.3 Å². The Hall–Kier alpha value is -0.880. The van der Waals surface area contributed by atoms with E-state index in [1.54, 1.807) is 24.3 Å². The van der Waals surface area contributed by atoms with Crippen LogP contribution >= 0.6 is 15.9 Å². The van der Waals surface area contributed by atoms with Crippen molar-refractivity contribution in [1.82, 2.24) is 4.90 Å². The molecule has 6 heteroatoms. The van der Waals surface area contributed by atoms with Gasteiger partial charge in [0.25, 0.3) is 0 Å². The molecule has 1 saturated carbocycles. The maximum absolute atomic E-state index is 12.5. The van der Waals surface area contributed by atoms with E-state index >= 15 is 0 Å². The normalized spacial score (nSPS) is 15.7. The van der Waals surface area contributed by atoms with Crippen LogP contribution in [0.2, 0.25) is 0 Å². The van der Waals surface area contributed by atoms with Gasteiger partial charge in [-0.3, -0.25) is 9.69 Å². The predicted octanol–water partition coefficient (Wildman–Crippen LogP) is 4.05. The third-order valence-corrected chi connectivity index (χ3v) is 3.71. The van der Waals surface area contributed by atoms with Crippen LogP contribution in [0.3, 0.4) is 0 Å². The summed E-state index contributed by atoms with van der Waals surface area (Å²) in [5.74, 6) is -0.126. The van der Waals surface area contributed by atoms with E-state index in [-0.39, 0.29) is 24.8 Å². The van der Waals surface area contributed by atoms with Crippen LogP contribution in [0.15, 0.2) is 28.7 Å². The molecule has 0 aromatic heterocycles. The minimum Gasteiger partial charge on any atom is -0.294 e. The third-order valence-electron chi connectivity index (χ3n) is 3.22. The molecular weight excluding hydrogens is 335 g/mol. The lowest BCUT2D eigenvalue weighted by atomic mass is 10.1. The molecule has 2 rings (SSSR count). The number of benzene rings is 1. The minimum absolute atomic E-state index is 0.00747. The van der Waals surface area contributed by atoms with E-state index < -0.39 is 12.7 Å². The smallest absolute Gasteiger partial charge is 0.294 e. The highest BCUT2D eigenvalue weighted by molar-refractivity contribution is 9.10. The van der Waals surface area contributed by atoms with Crippen LogP contribution in [0.1, 0.15) is 29.6 Å². The molecule has 0 radical (unpaired) electrons. The molecule has 0 amide bonds. The molecule has 0 saturated heterocycles. The Morgan fingerprint density at radius 3 is 2.60 bits per heavy atom. The van der Waals surface area contributed by atoms with E-state index in [1.165, 1.54) is 4.90 Å².